The number of amides is 3. The summed E-state index contributed by atoms with van der Waals surface area (Å²) in [5, 5.41) is 24.6. The number of benzene rings is 2. The molecule has 2 atom stereocenters. The highest BCUT2D eigenvalue weighted by Crippen LogP contribution is 2.26. The molecule has 39 heavy (non-hydrogen) atoms. The van der Waals surface area contributed by atoms with E-state index in [2.05, 4.69) is 15.4 Å². The van der Waals surface area contributed by atoms with Crippen LogP contribution in [0.1, 0.15) is 43.5 Å². The number of aryl methyl sites for hydroxylation is 1. The zero-order valence-electron chi connectivity index (χ0n) is 22.9. The Hall–Kier alpha value is -4.12. The van der Waals surface area contributed by atoms with E-state index in [1.54, 1.807) is 64.1 Å². The Balaban J connectivity index is 2.52. The highest BCUT2D eigenvalue weighted by atomic mass is 16.6. The summed E-state index contributed by atoms with van der Waals surface area (Å²) in [6.07, 6.45) is -0.837. The van der Waals surface area contributed by atoms with Gasteiger partial charge >= 0.3 is 12.1 Å². The first kappa shape index (κ1) is 31.1. The van der Waals surface area contributed by atoms with Gasteiger partial charge in [0.25, 0.3) is 0 Å². The molecule has 2 aromatic rings. The third kappa shape index (κ3) is 9.60. The topological polar surface area (TPSA) is 154 Å². The zero-order chi connectivity index (χ0) is 29.2. The van der Waals surface area contributed by atoms with Gasteiger partial charge in [-0.3, -0.25) is 14.4 Å². The molecule has 0 spiro atoms. The molecule has 212 valence electrons. The van der Waals surface area contributed by atoms with Gasteiger partial charge in [0, 0.05) is 13.0 Å². The van der Waals surface area contributed by atoms with Crippen LogP contribution >= 0.6 is 0 Å². The minimum atomic E-state index is -1.24. The summed E-state index contributed by atoms with van der Waals surface area (Å²) in [5.74, 6) is -1.98. The number of alkyl carbamates (subject to hydrolysis) is 1. The van der Waals surface area contributed by atoms with Crippen molar-refractivity contribution in [1.82, 2.24) is 15.5 Å². The lowest BCUT2D eigenvalue weighted by molar-refractivity contribution is -0.145. The molecule has 0 aliphatic rings. The third-order valence-corrected chi connectivity index (χ3v) is 5.67. The van der Waals surface area contributed by atoms with Crippen LogP contribution in [0.4, 0.5) is 4.79 Å². The highest BCUT2D eigenvalue weighted by molar-refractivity contribution is 5.93. The molecular weight excluding hydrogens is 506 g/mol. The normalized spacial score (nSPS) is 12.6. The molecule has 0 saturated heterocycles. The fourth-order valence-corrected chi connectivity index (χ4v) is 3.86. The molecule has 0 fully saturated rings. The molecule has 3 amide bonds. The van der Waals surface area contributed by atoms with Gasteiger partial charge in [-0.25, -0.2) is 4.79 Å². The summed E-state index contributed by atoms with van der Waals surface area (Å²) in [6.45, 7) is 5.67. The van der Waals surface area contributed by atoms with Gasteiger partial charge in [0.2, 0.25) is 11.8 Å². The number of nitrogens with one attached hydrogen (secondary N) is 2. The van der Waals surface area contributed by atoms with Crippen LogP contribution in [0.2, 0.25) is 0 Å². The number of hydrogen-bond donors (Lipinski definition) is 4. The molecule has 0 aliphatic heterocycles. The Morgan fingerprint density at radius 1 is 1.03 bits per heavy atom. The van der Waals surface area contributed by atoms with Gasteiger partial charge < -0.3 is 35.2 Å². The van der Waals surface area contributed by atoms with Gasteiger partial charge in [-0.05, 0) is 56.5 Å². The van der Waals surface area contributed by atoms with Crippen LogP contribution in [0.15, 0.2) is 48.5 Å². The number of phenolic OH excluding ortho intramolecular Hbond substituents is 1. The number of hydrogen-bond acceptors (Lipinski definition) is 8. The molecule has 0 heterocycles. The Kier molecular flexibility index (Phi) is 11.3. The first-order chi connectivity index (χ1) is 18.4. The number of carbonyl (C=O) groups excluding carboxylic acids is 4. The minimum absolute atomic E-state index is 0.00452. The number of aliphatic hydroxyl groups excluding tert-OH is 1. The van der Waals surface area contributed by atoms with Crippen LogP contribution < -0.4 is 10.6 Å². The maximum Gasteiger partial charge on any atom is 0.408 e. The van der Waals surface area contributed by atoms with Gasteiger partial charge in [0.1, 0.15) is 30.0 Å². The average Bonchev–Trinajstić information content (AvgIpc) is 2.87. The second-order valence-electron chi connectivity index (χ2n) is 9.88. The van der Waals surface area contributed by atoms with Gasteiger partial charge in [0.05, 0.1) is 13.7 Å². The molecule has 0 bridgehead atoms. The predicted octanol–water partition coefficient (Wildman–Crippen LogP) is 1.99. The van der Waals surface area contributed by atoms with E-state index >= 15 is 0 Å². The van der Waals surface area contributed by atoms with E-state index < -0.39 is 54.7 Å². The van der Waals surface area contributed by atoms with E-state index in [9.17, 15) is 29.4 Å². The monoisotopic (exact) mass is 543 g/mol. The summed E-state index contributed by atoms with van der Waals surface area (Å²) in [7, 11) is 1.19. The van der Waals surface area contributed by atoms with E-state index in [1.165, 1.54) is 19.2 Å². The van der Waals surface area contributed by atoms with Crippen LogP contribution in [-0.2, 0) is 30.3 Å². The van der Waals surface area contributed by atoms with E-state index in [1.807, 2.05) is 0 Å². The number of methoxy groups -OCH3 is 1. The number of aliphatic hydroxyl groups is 1. The van der Waals surface area contributed by atoms with Crippen molar-refractivity contribution in [3.8, 4) is 5.75 Å². The van der Waals surface area contributed by atoms with Gasteiger partial charge in [-0.15, -0.1) is 0 Å². The molecule has 11 heteroatoms. The Morgan fingerprint density at radius 2 is 1.67 bits per heavy atom. The summed E-state index contributed by atoms with van der Waals surface area (Å²) in [6, 6.07) is 10.6. The van der Waals surface area contributed by atoms with Crippen molar-refractivity contribution < 1.29 is 38.9 Å². The van der Waals surface area contributed by atoms with Gasteiger partial charge in [-0.2, -0.15) is 0 Å². The van der Waals surface area contributed by atoms with Crippen molar-refractivity contribution in [2.75, 3.05) is 26.8 Å². The van der Waals surface area contributed by atoms with Crippen molar-refractivity contribution in [1.29, 1.82) is 0 Å². The quantitative estimate of drug-likeness (QED) is 0.314. The molecule has 2 rings (SSSR count). The van der Waals surface area contributed by atoms with Crippen LogP contribution in [0.5, 0.6) is 5.75 Å². The fourth-order valence-electron chi connectivity index (χ4n) is 3.86. The molecule has 0 radical (unpaired) electrons. The summed E-state index contributed by atoms with van der Waals surface area (Å²) < 4.78 is 9.97. The molecule has 2 unspecified atom stereocenters. The van der Waals surface area contributed by atoms with Crippen LogP contribution in [-0.4, -0.2) is 77.4 Å². The summed E-state index contributed by atoms with van der Waals surface area (Å²) >= 11 is 0. The lowest BCUT2D eigenvalue weighted by Gasteiger charge is -2.34. The average molecular weight is 544 g/mol. The van der Waals surface area contributed by atoms with Crippen molar-refractivity contribution in [3.63, 3.8) is 0 Å². The lowest BCUT2D eigenvalue weighted by atomic mass is 9.97. The van der Waals surface area contributed by atoms with Crippen LogP contribution in [0.25, 0.3) is 0 Å². The second kappa shape index (κ2) is 14.1. The highest BCUT2D eigenvalue weighted by Gasteiger charge is 2.37. The third-order valence-electron chi connectivity index (χ3n) is 5.67. The van der Waals surface area contributed by atoms with Gasteiger partial charge in [0.15, 0.2) is 0 Å². The first-order valence-corrected chi connectivity index (χ1v) is 12.4. The first-order valence-electron chi connectivity index (χ1n) is 12.4. The van der Waals surface area contributed by atoms with Crippen molar-refractivity contribution >= 4 is 23.9 Å². The SMILES string of the molecule is COC(=O)CNC(=O)C(c1ccccc1C)N(CCO)C(=O)C(Cc1ccc(O)cc1)NC(=O)OC(C)(C)C. The lowest BCUT2D eigenvalue weighted by Crippen LogP contribution is -2.54. The molecular formula is C28H37N3O8. The minimum Gasteiger partial charge on any atom is -0.508 e. The van der Waals surface area contributed by atoms with Crippen LogP contribution in [0, 0.1) is 6.92 Å². The van der Waals surface area contributed by atoms with Crippen molar-refractivity contribution in [2.24, 2.45) is 0 Å². The molecule has 11 nitrogen and oxygen atoms in total. The smallest absolute Gasteiger partial charge is 0.408 e. The second-order valence-corrected chi connectivity index (χ2v) is 9.88. The number of carbonyl (C=O) groups is 4. The van der Waals surface area contributed by atoms with E-state index in [0.29, 0.717) is 16.7 Å². The number of nitrogens with zero attached hydrogens (tertiary/aromatic N) is 1. The van der Waals surface area contributed by atoms with E-state index in [-0.39, 0.29) is 18.7 Å². The number of rotatable bonds is 11. The van der Waals surface area contributed by atoms with Crippen LogP contribution in [0.3, 0.4) is 0 Å². The van der Waals surface area contributed by atoms with E-state index in [0.717, 1.165) is 4.90 Å². The fraction of sp³-hybridized carbons (Fsp3) is 0.429. The number of esters is 1. The van der Waals surface area contributed by atoms with Gasteiger partial charge in [-0.1, -0.05) is 36.4 Å². The Labute approximate surface area is 228 Å². The van der Waals surface area contributed by atoms with Crippen molar-refractivity contribution in [2.45, 2.75) is 51.8 Å². The summed E-state index contributed by atoms with van der Waals surface area (Å²) in [5.41, 5.74) is 0.955. The molecule has 0 aliphatic carbocycles. The van der Waals surface area contributed by atoms with E-state index in [4.69, 9.17) is 4.74 Å². The zero-order valence-corrected chi connectivity index (χ0v) is 22.9. The predicted molar refractivity (Wildman–Crippen MR) is 143 cm³/mol. The Bertz CT molecular complexity index is 1140. The molecule has 2 aromatic carbocycles. The standard InChI is InChI=1S/C28H37N3O8/c1-18-8-6-7-9-21(18)24(25(35)29-17-23(34)38-5)31(14-15-32)26(36)22(30-27(37)39-28(2,3)4)16-19-10-12-20(33)13-11-19/h6-13,22,24,32-33H,14-17H2,1-5H3,(H,29,35)(H,30,37). The molecule has 0 saturated carbocycles. The van der Waals surface area contributed by atoms with Crippen molar-refractivity contribution in [3.05, 3.63) is 65.2 Å². The number of aromatic hydroxyl groups is 1. The summed E-state index contributed by atoms with van der Waals surface area (Å²) in [4.78, 5) is 53.1. The molecule has 4 N–H and O–H groups in total. The maximum absolute atomic E-state index is 14.1. The largest absolute Gasteiger partial charge is 0.508 e. The number of ether oxygens (including phenoxy) is 2. The molecule has 0 aromatic heterocycles. The maximum atomic E-state index is 14.1. The number of phenols is 1. The Morgan fingerprint density at radius 3 is 2.23 bits per heavy atom.